The highest BCUT2D eigenvalue weighted by molar-refractivity contribution is 5.93. The minimum atomic E-state index is -0.785. The molecule has 0 bridgehead atoms. The first kappa shape index (κ1) is 15.2. The van der Waals surface area contributed by atoms with Crippen molar-refractivity contribution in [2.75, 3.05) is 6.61 Å². The van der Waals surface area contributed by atoms with Gasteiger partial charge in [0.25, 0.3) is 5.91 Å². The average Bonchev–Trinajstić information content (AvgIpc) is 2.39. The van der Waals surface area contributed by atoms with Gasteiger partial charge in [-0.2, -0.15) is 0 Å². The zero-order chi connectivity index (χ0) is 14.1. The molecule has 0 heterocycles. The first-order valence-electron chi connectivity index (χ1n) is 6.52. The zero-order valence-corrected chi connectivity index (χ0v) is 11.2. The summed E-state index contributed by atoms with van der Waals surface area (Å²) in [5.41, 5.74) is 4.93. The molecule has 19 heavy (non-hydrogen) atoms. The van der Waals surface area contributed by atoms with Gasteiger partial charge in [-0.3, -0.25) is 4.79 Å². The SMILES string of the molecule is CCC=CCCCCOc1ccc(F)c(C(N)=O)c1. The third kappa shape index (κ3) is 5.55. The molecular formula is C15H20FNO2. The van der Waals surface area contributed by atoms with Gasteiger partial charge in [0.1, 0.15) is 11.6 Å². The van der Waals surface area contributed by atoms with Crippen molar-refractivity contribution in [3.8, 4) is 5.75 Å². The van der Waals surface area contributed by atoms with E-state index in [1.54, 1.807) is 0 Å². The molecule has 104 valence electrons. The number of carbonyl (C=O) groups is 1. The lowest BCUT2D eigenvalue weighted by molar-refractivity contribution is 0.0996. The molecular weight excluding hydrogens is 245 g/mol. The van der Waals surface area contributed by atoms with Crippen LogP contribution < -0.4 is 10.5 Å². The number of amides is 1. The summed E-state index contributed by atoms with van der Waals surface area (Å²) in [4.78, 5) is 11.0. The molecule has 1 aromatic carbocycles. The van der Waals surface area contributed by atoms with Crippen molar-refractivity contribution in [3.63, 3.8) is 0 Å². The van der Waals surface area contributed by atoms with Crippen molar-refractivity contribution in [1.29, 1.82) is 0 Å². The third-order valence-electron chi connectivity index (χ3n) is 2.64. The number of carbonyl (C=O) groups excluding carboxylic acids is 1. The Morgan fingerprint density at radius 2 is 2.16 bits per heavy atom. The molecule has 0 aliphatic carbocycles. The maximum atomic E-state index is 13.2. The second-order valence-corrected chi connectivity index (χ2v) is 4.23. The van der Waals surface area contributed by atoms with Gasteiger partial charge in [0.15, 0.2) is 0 Å². The lowest BCUT2D eigenvalue weighted by atomic mass is 10.2. The van der Waals surface area contributed by atoms with Crippen molar-refractivity contribution in [2.24, 2.45) is 5.73 Å². The first-order valence-corrected chi connectivity index (χ1v) is 6.52. The molecule has 0 fully saturated rings. The standard InChI is InChI=1S/C15H20FNO2/c1-2-3-4-5-6-7-10-19-12-8-9-14(16)13(11-12)15(17)18/h3-4,8-9,11H,2,5-7,10H2,1H3,(H2,17,18). The predicted octanol–water partition coefficient (Wildman–Crippen LogP) is 3.44. The van der Waals surface area contributed by atoms with Crippen LogP contribution in [0.4, 0.5) is 4.39 Å². The van der Waals surface area contributed by atoms with E-state index >= 15 is 0 Å². The molecule has 1 aromatic rings. The molecule has 0 saturated heterocycles. The number of benzene rings is 1. The predicted molar refractivity (Wildman–Crippen MR) is 73.7 cm³/mol. The Morgan fingerprint density at radius 1 is 1.37 bits per heavy atom. The molecule has 0 radical (unpaired) electrons. The Kier molecular flexibility index (Phi) is 6.64. The number of hydrogen-bond acceptors (Lipinski definition) is 2. The van der Waals surface area contributed by atoms with Crippen LogP contribution in [0.2, 0.25) is 0 Å². The lowest BCUT2D eigenvalue weighted by Crippen LogP contribution is -2.13. The van der Waals surface area contributed by atoms with Crippen LogP contribution in [0.15, 0.2) is 30.4 Å². The van der Waals surface area contributed by atoms with Gasteiger partial charge >= 0.3 is 0 Å². The highest BCUT2D eigenvalue weighted by atomic mass is 19.1. The van der Waals surface area contributed by atoms with Crippen LogP contribution in [0.1, 0.15) is 43.0 Å². The van der Waals surface area contributed by atoms with E-state index in [0.717, 1.165) is 25.7 Å². The second kappa shape index (κ2) is 8.29. The van der Waals surface area contributed by atoms with Gasteiger partial charge in [0.2, 0.25) is 0 Å². The number of rotatable bonds is 8. The van der Waals surface area contributed by atoms with Gasteiger partial charge in [-0.05, 0) is 43.9 Å². The number of primary amides is 1. The Balaban J connectivity index is 2.35. The van der Waals surface area contributed by atoms with Gasteiger partial charge in [-0.25, -0.2) is 4.39 Å². The summed E-state index contributed by atoms with van der Waals surface area (Å²) in [6, 6.07) is 4.03. The number of hydrogen-bond donors (Lipinski definition) is 1. The number of halogens is 1. The van der Waals surface area contributed by atoms with Crippen molar-refractivity contribution in [1.82, 2.24) is 0 Å². The molecule has 1 rings (SSSR count). The lowest BCUT2D eigenvalue weighted by Gasteiger charge is -2.07. The molecule has 0 aliphatic rings. The molecule has 3 nitrogen and oxygen atoms in total. The Labute approximate surface area is 113 Å². The quantitative estimate of drug-likeness (QED) is 0.578. The summed E-state index contributed by atoms with van der Waals surface area (Å²) in [6.07, 6.45) is 8.34. The zero-order valence-electron chi connectivity index (χ0n) is 11.2. The van der Waals surface area contributed by atoms with Gasteiger partial charge in [-0.15, -0.1) is 0 Å². The van der Waals surface area contributed by atoms with E-state index in [4.69, 9.17) is 10.5 Å². The van der Waals surface area contributed by atoms with E-state index in [2.05, 4.69) is 19.1 Å². The van der Waals surface area contributed by atoms with Crippen molar-refractivity contribution >= 4 is 5.91 Å². The largest absolute Gasteiger partial charge is 0.494 e. The van der Waals surface area contributed by atoms with Gasteiger partial charge in [0.05, 0.1) is 12.2 Å². The molecule has 0 aromatic heterocycles. The molecule has 0 aliphatic heterocycles. The maximum absolute atomic E-state index is 13.2. The molecule has 2 N–H and O–H groups in total. The van der Waals surface area contributed by atoms with Crippen LogP contribution in [0.25, 0.3) is 0 Å². The van der Waals surface area contributed by atoms with Crippen LogP contribution in [0.5, 0.6) is 5.75 Å². The third-order valence-corrected chi connectivity index (χ3v) is 2.64. The summed E-state index contributed by atoms with van der Waals surface area (Å²) >= 11 is 0. The minimum Gasteiger partial charge on any atom is -0.494 e. The normalized spacial score (nSPS) is 10.8. The van der Waals surface area contributed by atoms with Crippen LogP contribution in [0.3, 0.4) is 0 Å². The molecule has 4 heteroatoms. The first-order chi connectivity index (χ1) is 9.15. The molecule has 0 atom stereocenters. The Morgan fingerprint density at radius 3 is 2.84 bits per heavy atom. The van der Waals surface area contributed by atoms with E-state index in [0.29, 0.717) is 12.4 Å². The summed E-state index contributed by atoms with van der Waals surface area (Å²) in [5, 5.41) is 0. The second-order valence-electron chi connectivity index (χ2n) is 4.23. The topological polar surface area (TPSA) is 52.3 Å². The van der Waals surface area contributed by atoms with Crippen molar-refractivity contribution in [2.45, 2.75) is 32.6 Å². The smallest absolute Gasteiger partial charge is 0.251 e. The number of ether oxygens (including phenoxy) is 1. The maximum Gasteiger partial charge on any atom is 0.251 e. The van der Waals surface area contributed by atoms with Crippen LogP contribution in [-0.2, 0) is 0 Å². The van der Waals surface area contributed by atoms with Gasteiger partial charge in [0, 0.05) is 0 Å². The molecule has 0 unspecified atom stereocenters. The summed E-state index contributed by atoms with van der Waals surface area (Å²) in [5.74, 6) is -0.934. The van der Waals surface area contributed by atoms with Crippen LogP contribution in [0, 0.1) is 5.82 Å². The summed E-state index contributed by atoms with van der Waals surface area (Å²) in [7, 11) is 0. The van der Waals surface area contributed by atoms with E-state index in [9.17, 15) is 9.18 Å². The van der Waals surface area contributed by atoms with E-state index in [1.807, 2.05) is 0 Å². The summed E-state index contributed by atoms with van der Waals surface area (Å²) < 4.78 is 18.7. The Bertz CT molecular complexity index is 444. The van der Waals surface area contributed by atoms with Crippen molar-refractivity contribution < 1.29 is 13.9 Å². The fourth-order valence-corrected chi connectivity index (χ4v) is 1.62. The monoisotopic (exact) mass is 265 g/mol. The number of unbranched alkanes of at least 4 members (excludes halogenated alkanes) is 2. The minimum absolute atomic E-state index is 0.136. The van der Waals surface area contributed by atoms with E-state index in [1.165, 1.54) is 18.2 Å². The average molecular weight is 265 g/mol. The van der Waals surface area contributed by atoms with E-state index in [-0.39, 0.29) is 5.56 Å². The number of nitrogens with two attached hydrogens (primary N) is 1. The Hall–Kier alpha value is -1.84. The molecule has 0 saturated carbocycles. The highest BCUT2D eigenvalue weighted by Crippen LogP contribution is 2.17. The fourth-order valence-electron chi connectivity index (χ4n) is 1.62. The highest BCUT2D eigenvalue weighted by Gasteiger charge is 2.09. The van der Waals surface area contributed by atoms with Gasteiger partial charge < -0.3 is 10.5 Å². The van der Waals surface area contributed by atoms with Crippen molar-refractivity contribution in [3.05, 3.63) is 41.7 Å². The molecule has 0 spiro atoms. The number of allylic oxidation sites excluding steroid dienone is 2. The van der Waals surface area contributed by atoms with E-state index < -0.39 is 11.7 Å². The van der Waals surface area contributed by atoms with Crippen LogP contribution >= 0.6 is 0 Å². The molecule has 1 amide bonds. The van der Waals surface area contributed by atoms with Gasteiger partial charge in [-0.1, -0.05) is 19.1 Å². The fraction of sp³-hybridized carbons (Fsp3) is 0.400. The summed E-state index contributed by atoms with van der Waals surface area (Å²) in [6.45, 7) is 2.65. The van der Waals surface area contributed by atoms with Crippen LogP contribution in [-0.4, -0.2) is 12.5 Å².